The summed E-state index contributed by atoms with van der Waals surface area (Å²) in [4.78, 5) is 16.9. The fraction of sp³-hybridized carbons (Fsp3) is 0.167. The number of aromatic nitrogens is 1. The number of ether oxygens (including phenoxy) is 1. The zero-order chi connectivity index (χ0) is 17.3. The molecule has 1 amide bonds. The van der Waals surface area contributed by atoms with E-state index in [1.165, 1.54) is 17.0 Å². The molecule has 0 aliphatic heterocycles. The van der Waals surface area contributed by atoms with Gasteiger partial charge >= 0.3 is 0 Å². The minimum absolute atomic E-state index is 0.0453. The first-order valence-corrected chi connectivity index (χ1v) is 7.34. The van der Waals surface area contributed by atoms with Crippen molar-refractivity contribution in [2.24, 2.45) is 0 Å². The quantitative estimate of drug-likeness (QED) is 0.792. The summed E-state index contributed by atoms with van der Waals surface area (Å²) in [5.41, 5.74) is 1.42. The van der Waals surface area contributed by atoms with Gasteiger partial charge in [-0.25, -0.2) is 8.78 Å². The third-order valence-corrected chi connectivity index (χ3v) is 3.83. The number of hydrogen-bond acceptors (Lipinski definition) is 2. The van der Waals surface area contributed by atoms with E-state index in [0.29, 0.717) is 11.4 Å². The highest BCUT2D eigenvalue weighted by molar-refractivity contribution is 5.98. The molecular weight excluding hydrogens is 314 g/mol. The maximum Gasteiger partial charge on any atom is 0.270 e. The molecule has 4 nitrogen and oxygen atoms in total. The van der Waals surface area contributed by atoms with Crippen LogP contribution in [-0.2, 0) is 6.54 Å². The Kier molecular flexibility index (Phi) is 4.20. The lowest BCUT2D eigenvalue weighted by atomic mass is 10.2. The maximum absolute atomic E-state index is 13.7. The van der Waals surface area contributed by atoms with Gasteiger partial charge in [0.1, 0.15) is 23.1 Å². The fourth-order valence-electron chi connectivity index (χ4n) is 2.53. The highest BCUT2D eigenvalue weighted by Crippen LogP contribution is 2.22. The van der Waals surface area contributed by atoms with Gasteiger partial charge < -0.3 is 14.6 Å². The molecular formula is C18H16F2N2O2. The Morgan fingerprint density at radius 1 is 1.17 bits per heavy atom. The molecule has 0 unspecified atom stereocenters. The zero-order valence-corrected chi connectivity index (χ0v) is 13.3. The van der Waals surface area contributed by atoms with Gasteiger partial charge in [-0.2, -0.15) is 0 Å². The number of hydrogen-bond donors (Lipinski definition) is 1. The Labute approximate surface area is 137 Å². The van der Waals surface area contributed by atoms with E-state index in [0.717, 1.165) is 17.0 Å². The van der Waals surface area contributed by atoms with Crippen molar-refractivity contribution < 1.29 is 18.3 Å². The standard InChI is InChI=1S/C18H16F2N2O2/c1-22(10-12-3-5-13(19)8-15(12)20)18(23)17-7-11-4-6-14(24-2)9-16(11)21-17/h3-9,21H,10H2,1-2H3. The number of fused-ring (bicyclic) bond motifs is 1. The number of carbonyl (C=O) groups excluding carboxylic acids is 1. The average molecular weight is 330 g/mol. The number of amides is 1. The summed E-state index contributed by atoms with van der Waals surface area (Å²) in [5, 5.41) is 0.875. The van der Waals surface area contributed by atoms with Gasteiger partial charge in [0.25, 0.3) is 5.91 Å². The lowest BCUT2D eigenvalue weighted by Crippen LogP contribution is -2.26. The summed E-state index contributed by atoms with van der Waals surface area (Å²) in [5.74, 6) is -0.912. The molecule has 1 N–H and O–H groups in total. The van der Waals surface area contributed by atoms with E-state index in [-0.39, 0.29) is 18.0 Å². The molecule has 0 saturated heterocycles. The first kappa shape index (κ1) is 16.0. The van der Waals surface area contributed by atoms with Crippen LogP contribution in [0.25, 0.3) is 10.9 Å². The molecule has 2 aromatic carbocycles. The lowest BCUT2D eigenvalue weighted by molar-refractivity contribution is 0.0779. The molecule has 3 aromatic rings. The number of methoxy groups -OCH3 is 1. The Balaban J connectivity index is 1.82. The first-order valence-electron chi connectivity index (χ1n) is 7.34. The van der Waals surface area contributed by atoms with Crippen molar-refractivity contribution in [2.45, 2.75) is 6.54 Å². The number of nitrogens with zero attached hydrogens (tertiary/aromatic N) is 1. The molecule has 0 radical (unpaired) electrons. The maximum atomic E-state index is 13.7. The van der Waals surface area contributed by atoms with E-state index >= 15 is 0 Å². The fourth-order valence-corrected chi connectivity index (χ4v) is 2.53. The van der Waals surface area contributed by atoms with Crippen LogP contribution < -0.4 is 4.74 Å². The Bertz CT molecular complexity index is 905. The second-order valence-electron chi connectivity index (χ2n) is 5.53. The second-order valence-corrected chi connectivity index (χ2v) is 5.53. The topological polar surface area (TPSA) is 45.3 Å². The molecule has 0 aliphatic carbocycles. The van der Waals surface area contributed by atoms with Crippen molar-refractivity contribution in [3.8, 4) is 5.75 Å². The third kappa shape index (κ3) is 3.08. The Morgan fingerprint density at radius 3 is 2.67 bits per heavy atom. The Morgan fingerprint density at radius 2 is 1.96 bits per heavy atom. The molecule has 1 heterocycles. The van der Waals surface area contributed by atoms with E-state index < -0.39 is 11.6 Å². The van der Waals surface area contributed by atoms with E-state index in [1.807, 2.05) is 12.1 Å². The summed E-state index contributed by atoms with van der Waals surface area (Å²) in [6.45, 7) is 0.0453. The molecule has 124 valence electrons. The zero-order valence-electron chi connectivity index (χ0n) is 13.3. The minimum atomic E-state index is -0.670. The van der Waals surface area contributed by atoms with Crippen LogP contribution in [-0.4, -0.2) is 29.9 Å². The number of halogens is 2. The highest BCUT2D eigenvalue weighted by atomic mass is 19.1. The summed E-state index contributed by atoms with van der Waals surface area (Å²) in [6, 6.07) is 10.5. The van der Waals surface area contributed by atoms with E-state index in [4.69, 9.17) is 4.74 Å². The SMILES string of the molecule is COc1ccc2cc(C(=O)N(C)Cc3ccc(F)cc3F)[nH]c2c1. The molecule has 1 aromatic heterocycles. The van der Waals surface area contributed by atoms with Crippen molar-refractivity contribution in [1.29, 1.82) is 0 Å². The molecule has 0 bridgehead atoms. The van der Waals surface area contributed by atoms with E-state index in [2.05, 4.69) is 4.98 Å². The summed E-state index contributed by atoms with van der Waals surface area (Å²) in [6.07, 6.45) is 0. The summed E-state index contributed by atoms with van der Waals surface area (Å²) in [7, 11) is 3.14. The third-order valence-electron chi connectivity index (χ3n) is 3.83. The van der Waals surface area contributed by atoms with Gasteiger partial charge in [-0.1, -0.05) is 6.07 Å². The van der Waals surface area contributed by atoms with Crippen LogP contribution in [0.1, 0.15) is 16.1 Å². The molecule has 0 saturated carbocycles. The van der Waals surface area contributed by atoms with Gasteiger partial charge in [0.2, 0.25) is 0 Å². The van der Waals surface area contributed by atoms with Crippen molar-refractivity contribution in [3.63, 3.8) is 0 Å². The van der Waals surface area contributed by atoms with Gasteiger partial charge in [0.15, 0.2) is 0 Å². The number of nitrogens with one attached hydrogen (secondary N) is 1. The predicted octanol–water partition coefficient (Wildman–Crippen LogP) is 3.73. The van der Waals surface area contributed by atoms with E-state index in [1.54, 1.807) is 26.3 Å². The number of benzene rings is 2. The van der Waals surface area contributed by atoms with Crippen LogP contribution >= 0.6 is 0 Å². The average Bonchev–Trinajstić information content (AvgIpc) is 2.99. The van der Waals surface area contributed by atoms with E-state index in [9.17, 15) is 13.6 Å². The van der Waals surface area contributed by atoms with Crippen LogP contribution in [0.3, 0.4) is 0 Å². The van der Waals surface area contributed by atoms with Crippen LogP contribution in [0.15, 0.2) is 42.5 Å². The number of H-pyrrole nitrogens is 1. The minimum Gasteiger partial charge on any atom is -0.497 e. The molecule has 0 fully saturated rings. The van der Waals surface area contributed by atoms with Crippen molar-refractivity contribution in [2.75, 3.05) is 14.2 Å². The predicted molar refractivity (Wildman–Crippen MR) is 87.0 cm³/mol. The number of aromatic amines is 1. The first-order chi connectivity index (χ1) is 11.5. The second kappa shape index (κ2) is 6.31. The van der Waals surface area contributed by atoms with Gasteiger partial charge in [-0.3, -0.25) is 4.79 Å². The Hall–Kier alpha value is -2.89. The normalized spacial score (nSPS) is 10.8. The van der Waals surface area contributed by atoms with Crippen LogP contribution in [0, 0.1) is 11.6 Å². The molecule has 24 heavy (non-hydrogen) atoms. The molecule has 3 rings (SSSR count). The van der Waals surface area contributed by atoms with Gasteiger partial charge in [0.05, 0.1) is 7.11 Å². The molecule has 6 heteroatoms. The van der Waals surface area contributed by atoms with Crippen molar-refractivity contribution in [1.82, 2.24) is 9.88 Å². The lowest BCUT2D eigenvalue weighted by Gasteiger charge is -2.16. The largest absolute Gasteiger partial charge is 0.497 e. The molecule has 0 spiro atoms. The van der Waals surface area contributed by atoms with Crippen LogP contribution in [0.5, 0.6) is 5.75 Å². The molecule has 0 atom stereocenters. The smallest absolute Gasteiger partial charge is 0.270 e. The van der Waals surface area contributed by atoms with Crippen molar-refractivity contribution >= 4 is 16.8 Å². The monoisotopic (exact) mass is 330 g/mol. The van der Waals surface area contributed by atoms with Crippen LogP contribution in [0.4, 0.5) is 8.78 Å². The van der Waals surface area contributed by atoms with Crippen molar-refractivity contribution in [3.05, 3.63) is 65.4 Å². The number of carbonyl (C=O) groups is 1. The highest BCUT2D eigenvalue weighted by Gasteiger charge is 2.16. The molecule has 0 aliphatic rings. The van der Waals surface area contributed by atoms with Crippen LogP contribution in [0.2, 0.25) is 0 Å². The summed E-state index contributed by atoms with van der Waals surface area (Å²) >= 11 is 0. The summed E-state index contributed by atoms with van der Waals surface area (Å²) < 4.78 is 31.8. The number of rotatable bonds is 4. The van der Waals surface area contributed by atoms with Gasteiger partial charge in [-0.15, -0.1) is 0 Å². The van der Waals surface area contributed by atoms with Gasteiger partial charge in [-0.05, 0) is 24.3 Å². The van der Waals surface area contributed by atoms with Gasteiger partial charge in [0, 0.05) is 42.2 Å².